The molecule has 1 aromatic carbocycles. The predicted octanol–water partition coefficient (Wildman–Crippen LogP) is 3.92. The fourth-order valence-electron chi connectivity index (χ4n) is 3.63. The molecule has 1 unspecified atom stereocenters. The van der Waals surface area contributed by atoms with E-state index in [4.69, 9.17) is 4.74 Å². The second-order valence-corrected chi connectivity index (χ2v) is 9.13. The summed E-state index contributed by atoms with van der Waals surface area (Å²) in [7, 11) is 0. The number of aromatic amines is 1. The predicted molar refractivity (Wildman–Crippen MR) is 107 cm³/mol. The molecule has 5 nitrogen and oxygen atoms in total. The van der Waals surface area contributed by atoms with Crippen LogP contribution >= 0.6 is 0 Å². The second-order valence-electron chi connectivity index (χ2n) is 9.13. The lowest BCUT2D eigenvalue weighted by Gasteiger charge is -2.36. The monoisotopic (exact) mass is 369 g/mol. The summed E-state index contributed by atoms with van der Waals surface area (Å²) in [5.41, 5.74) is 3.08. The molecule has 1 atom stereocenters. The van der Waals surface area contributed by atoms with Crippen molar-refractivity contribution in [2.45, 2.75) is 58.0 Å². The molecule has 1 aromatic heterocycles. The Bertz CT molecular complexity index is 758. The Balaban J connectivity index is 1.66. The van der Waals surface area contributed by atoms with E-state index in [1.807, 2.05) is 23.1 Å². The molecule has 146 valence electrons. The molecule has 1 saturated heterocycles. The maximum Gasteiger partial charge on any atom is 0.254 e. The van der Waals surface area contributed by atoms with Crippen molar-refractivity contribution in [1.82, 2.24) is 15.1 Å². The Morgan fingerprint density at radius 3 is 2.48 bits per heavy atom. The molecule has 0 spiro atoms. The van der Waals surface area contributed by atoms with Crippen molar-refractivity contribution < 1.29 is 9.53 Å². The first kappa shape index (κ1) is 19.6. The van der Waals surface area contributed by atoms with Gasteiger partial charge in [-0.2, -0.15) is 5.10 Å². The number of morpholine rings is 1. The van der Waals surface area contributed by atoms with Gasteiger partial charge in [-0.05, 0) is 35.6 Å². The highest BCUT2D eigenvalue weighted by Gasteiger charge is 2.32. The van der Waals surface area contributed by atoms with E-state index in [2.05, 4.69) is 56.9 Å². The van der Waals surface area contributed by atoms with Crippen molar-refractivity contribution in [3.63, 3.8) is 0 Å². The Morgan fingerprint density at radius 2 is 1.89 bits per heavy atom. The minimum atomic E-state index is -0.0818. The van der Waals surface area contributed by atoms with E-state index in [9.17, 15) is 4.79 Å². The average molecular weight is 370 g/mol. The molecule has 0 bridgehead atoms. The van der Waals surface area contributed by atoms with Gasteiger partial charge in [-0.3, -0.25) is 9.89 Å². The molecule has 2 heterocycles. The third-order valence-corrected chi connectivity index (χ3v) is 5.39. The average Bonchev–Trinajstić information content (AvgIpc) is 3.16. The molecule has 1 aliphatic rings. The summed E-state index contributed by atoms with van der Waals surface area (Å²) in [6.07, 6.45) is 2.63. The Kier molecular flexibility index (Phi) is 5.43. The number of carbonyl (C=O) groups excluding carboxylic acids is 1. The van der Waals surface area contributed by atoms with Crippen molar-refractivity contribution in [2.24, 2.45) is 0 Å². The molecule has 0 saturated carbocycles. The van der Waals surface area contributed by atoms with Crippen LogP contribution in [0.25, 0.3) is 0 Å². The molecule has 1 N–H and O–H groups in total. The van der Waals surface area contributed by atoms with E-state index in [1.54, 1.807) is 6.20 Å². The summed E-state index contributed by atoms with van der Waals surface area (Å²) < 4.78 is 5.96. The molecular weight excluding hydrogens is 338 g/mol. The highest BCUT2D eigenvalue weighted by atomic mass is 16.5. The number of nitrogens with one attached hydrogen (secondary N) is 1. The van der Waals surface area contributed by atoms with Gasteiger partial charge in [-0.25, -0.2) is 0 Å². The molecule has 2 aromatic rings. The smallest absolute Gasteiger partial charge is 0.254 e. The second kappa shape index (κ2) is 7.47. The highest BCUT2D eigenvalue weighted by Crippen LogP contribution is 2.29. The van der Waals surface area contributed by atoms with Crippen molar-refractivity contribution in [3.8, 4) is 0 Å². The van der Waals surface area contributed by atoms with Gasteiger partial charge in [0.1, 0.15) is 0 Å². The summed E-state index contributed by atoms with van der Waals surface area (Å²) in [4.78, 5) is 14.9. The molecule has 0 aliphatic carbocycles. The molecule has 0 radical (unpaired) electrons. The van der Waals surface area contributed by atoms with Gasteiger partial charge < -0.3 is 9.64 Å². The van der Waals surface area contributed by atoms with Crippen LogP contribution in [0.4, 0.5) is 0 Å². The topological polar surface area (TPSA) is 58.2 Å². The van der Waals surface area contributed by atoms with Crippen LogP contribution in [0.1, 0.15) is 62.7 Å². The third-order valence-electron chi connectivity index (χ3n) is 5.39. The lowest BCUT2D eigenvalue weighted by atomic mass is 9.83. The van der Waals surface area contributed by atoms with Crippen LogP contribution in [0.15, 0.2) is 36.5 Å². The summed E-state index contributed by atoms with van der Waals surface area (Å²) >= 11 is 0. The lowest BCUT2D eigenvalue weighted by Crippen LogP contribution is -2.47. The zero-order valence-electron chi connectivity index (χ0n) is 17.1. The first-order valence-electron chi connectivity index (χ1n) is 9.68. The van der Waals surface area contributed by atoms with Crippen LogP contribution in [0.5, 0.6) is 0 Å². The summed E-state index contributed by atoms with van der Waals surface area (Å²) in [6.45, 7) is 12.7. The first-order valence-corrected chi connectivity index (χ1v) is 9.68. The van der Waals surface area contributed by atoms with Gasteiger partial charge in [0.05, 0.1) is 12.7 Å². The Hall–Kier alpha value is -2.14. The van der Waals surface area contributed by atoms with Crippen LogP contribution in [0.3, 0.4) is 0 Å². The number of nitrogens with zero attached hydrogens (tertiary/aromatic N) is 2. The number of amides is 1. The molecule has 3 rings (SSSR count). The van der Waals surface area contributed by atoms with E-state index < -0.39 is 0 Å². The number of hydrogen-bond acceptors (Lipinski definition) is 3. The lowest BCUT2D eigenvalue weighted by molar-refractivity contribution is -0.0329. The van der Waals surface area contributed by atoms with Gasteiger partial charge in [0.15, 0.2) is 0 Å². The van der Waals surface area contributed by atoms with Crippen LogP contribution < -0.4 is 0 Å². The van der Waals surface area contributed by atoms with Crippen molar-refractivity contribution in [3.05, 3.63) is 53.3 Å². The molecule has 5 heteroatoms. The zero-order chi connectivity index (χ0) is 19.7. The Labute approximate surface area is 162 Å². The van der Waals surface area contributed by atoms with Crippen LogP contribution in [0.2, 0.25) is 0 Å². The highest BCUT2D eigenvalue weighted by molar-refractivity contribution is 5.94. The largest absolute Gasteiger partial charge is 0.375 e. The number of benzene rings is 1. The minimum Gasteiger partial charge on any atom is -0.375 e. The number of rotatable bonds is 4. The maximum absolute atomic E-state index is 13.0. The van der Waals surface area contributed by atoms with E-state index >= 15 is 0 Å². The van der Waals surface area contributed by atoms with Crippen LogP contribution in [-0.2, 0) is 15.6 Å². The SMILES string of the molecule is CC(C)(C)c1ccc(C(=O)N2CCOC(CC(C)(C)c3ccn[nH]3)C2)cc1. The molecule has 1 amide bonds. The summed E-state index contributed by atoms with van der Waals surface area (Å²) in [5.74, 6) is 0.0862. The van der Waals surface area contributed by atoms with Gasteiger partial charge in [0, 0.05) is 36.0 Å². The number of aromatic nitrogens is 2. The molecule has 27 heavy (non-hydrogen) atoms. The van der Waals surface area contributed by atoms with Gasteiger partial charge in [0.25, 0.3) is 5.91 Å². The van der Waals surface area contributed by atoms with Gasteiger partial charge in [0.2, 0.25) is 0 Å². The fourth-order valence-corrected chi connectivity index (χ4v) is 3.63. The number of carbonyl (C=O) groups is 1. The zero-order valence-corrected chi connectivity index (χ0v) is 17.1. The van der Waals surface area contributed by atoms with Gasteiger partial charge >= 0.3 is 0 Å². The van der Waals surface area contributed by atoms with E-state index in [1.165, 1.54) is 5.56 Å². The maximum atomic E-state index is 13.0. The number of ether oxygens (including phenoxy) is 1. The third kappa shape index (κ3) is 4.59. The fraction of sp³-hybridized carbons (Fsp3) is 0.545. The summed E-state index contributed by atoms with van der Waals surface area (Å²) in [6, 6.07) is 10.0. The number of hydrogen-bond donors (Lipinski definition) is 1. The first-order chi connectivity index (χ1) is 12.7. The normalized spacial score (nSPS) is 18.6. The quantitative estimate of drug-likeness (QED) is 0.889. The van der Waals surface area contributed by atoms with E-state index in [-0.39, 0.29) is 22.8 Å². The van der Waals surface area contributed by atoms with Crippen LogP contribution in [-0.4, -0.2) is 46.8 Å². The van der Waals surface area contributed by atoms with Crippen molar-refractivity contribution in [1.29, 1.82) is 0 Å². The standard InChI is InChI=1S/C22H31N3O2/c1-21(2,3)17-8-6-16(7-9-17)20(26)25-12-13-27-18(15-25)14-22(4,5)19-10-11-23-24-19/h6-11,18H,12-15H2,1-5H3,(H,23,24). The van der Waals surface area contributed by atoms with Crippen molar-refractivity contribution >= 4 is 5.91 Å². The summed E-state index contributed by atoms with van der Waals surface area (Å²) in [5, 5.41) is 7.12. The van der Waals surface area contributed by atoms with Crippen LogP contribution in [0, 0.1) is 0 Å². The Morgan fingerprint density at radius 1 is 1.19 bits per heavy atom. The molecular formula is C22H31N3O2. The van der Waals surface area contributed by atoms with E-state index in [0.29, 0.717) is 19.7 Å². The number of H-pyrrole nitrogens is 1. The van der Waals surface area contributed by atoms with E-state index in [0.717, 1.165) is 17.7 Å². The van der Waals surface area contributed by atoms with Gasteiger partial charge in [-0.15, -0.1) is 0 Å². The molecule has 1 fully saturated rings. The van der Waals surface area contributed by atoms with Gasteiger partial charge in [-0.1, -0.05) is 46.8 Å². The minimum absolute atomic E-state index is 0.0230. The molecule has 1 aliphatic heterocycles. The van der Waals surface area contributed by atoms with Crippen molar-refractivity contribution in [2.75, 3.05) is 19.7 Å².